The van der Waals surface area contributed by atoms with E-state index in [1.807, 2.05) is 0 Å². The highest BCUT2D eigenvalue weighted by Gasteiger charge is 2.38. The van der Waals surface area contributed by atoms with Crippen LogP contribution in [0.1, 0.15) is 27.9 Å². The van der Waals surface area contributed by atoms with Gasteiger partial charge in [0.2, 0.25) is 5.82 Å². The molecule has 1 unspecified atom stereocenters. The smallest absolute Gasteiger partial charge is 0.332 e. The van der Waals surface area contributed by atoms with Crippen LogP contribution in [0.25, 0.3) is 11.4 Å². The SMILES string of the molecule is N#CC(NC(=O)c1ccc(-c2noc(C(F)(F)F)n2)cc1)c1ccccc1F. The van der Waals surface area contributed by atoms with Gasteiger partial charge in [0.25, 0.3) is 5.91 Å². The Bertz CT molecular complexity index is 1040. The molecule has 1 aromatic heterocycles. The van der Waals surface area contributed by atoms with Crippen LogP contribution in [0.4, 0.5) is 17.6 Å². The molecule has 0 aliphatic carbocycles. The topological polar surface area (TPSA) is 91.8 Å². The summed E-state index contributed by atoms with van der Waals surface area (Å²) in [6.07, 6.45) is -4.76. The van der Waals surface area contributed by atoms with Crippen molar-refractivity contribution in [2.24, 2.45) is 0 Å². The van der Waals surface area contributed by atoms with E-state index in [0.29, 0.717) is 0 Å². The van der Waals surface area contributed by atoms with Gasteiger partial charge in [0.05, 0.1) is 6.07 Å². The molecule has 3 rings (SSSR count). The first kappa shape index (κ1) is 19.0. The number of amides is 1. The monoisotopic (exact) mass is 390 g/mol. The summed E-state index contributed by atoms with van der Waals surface area (Å²) in [5, 5.41) is 14.8. The molecule has 1 N–H and O–H groups in total. The van der Waals surface area contributed by atoms with Crippen molar-refractivity contribution in [1.82, 2.24) is 15.5 Å². The van der Waals surface area contributed by atoms with Crippen molar-refractivity contribution >= 4 is 5.91 Å². The van der Waals surface area contributed by atoms with E-state index in [4.69, 9.17) is 0 Å². The Hall–Kier alpha value is -3.74. The standard InChI is InChI=1S/C18H10F4N4O2/c19-13-4-2-1-3-12(13)14(9-23)24-16(27)11-7-5-10(6-8-11)15-25-17(28-26-15)18(20,21)22/h1-8,14H,(H,24,27). The molecule has 0 aliphatic rings. The van der Waals surface area contributed by atoms with Crippen LogP contribution in [-0.2, 0) is 6.18 Å². The Morgan fingerprint density at radius 2 is 1.82 bits per heavy atom. The van der Waals surface area contributed by atoms with Crippen LogP contribution < -0.4 is 5.32 Å². The zero-order chi connectivity index (χ0) is 20.3. The number of carbonyl (C=O) groups excluding carboxylic acids is 1. The number of nitriles is 1. The maximum Gasteiger partial charge on any atom is 0.471 e. The number of aromatic nitrogens is 2. The largest absolute Gasteiger partial charge is 0.471 e. The Kier molecular flexibility index (Phi) is 5.08. The molecule has 28 heavy (non-hydrogen) atoms. The fraction of sp³-hybridized carbons (Fsp3) is 0.111. The molecule has 0 spiro atoms. The van der Waals surface area contributed by atoms with Gasteiger partial charge in [-0.3, -0.25) is 4.79 Å². The van der Waals surface area contributed by atoms with Gasteiger partial charge in [-0.1, -0.05) is 35.5 Å². The van der Waals surface area contributed by atoms with E-state index in [9.17, 15) is 27.6 Å². The average Bonchev–Trinajstić information content (AvgIpc) is 3.17. The number of benzene rings is 2. The fourth-order valence-corrected chi connectivity index (χ4v) is 2.33. The molecule has 0 aliphatic heterocycles. The van der Waals surface area contributed by atoms with Gasteiger partial charge >= 0.3 is 12.1 Å². The quantitative estimate of drug-likeness (QED) is 0.683. The summed E-state index contributed by atoms with van der Waals surface area (Å²) in [6, 6.07) is 11.4. The lowest BCUT2D eigenvalue weighted by Crippen LogP contribution is -2.28. The maximum atomic E-state index is 13.8. The highest BCUT2D eigenvalue weighted by atomic mass is 19.4. The van der Waals surface area contributed by atoms with Crippen LogP contribution in [-0.4, -0.2) is 16.0 Å². The molecule has 6 nitrogen and oxygen atoms in total. The van der Waals surface area contributed by atoms with Gasteiger partial charge in [0.15, 0.2) is 0 Å². The first-order valence-corrected chi connectivity index (χ1v) is 7.76. The minimum Gasteiger partial charge on any atom is -0.332 e. The van der Waals surface area contributed by atoms with Crippen molar-refractivity contribution in [2.75, 3.05) is 0 Å². The highest BCUT2D eigenvalue weighted by Crippen LogP contribution is 2.29. The second kappa shape index (κ2) is 7.48. The third-order valence-corrected chi connectivity index (χ3v) is 3.69. The van der Waals surface area contributed by atoms with E-state index < -0.39 is 29.8 Å². The number of alkyl halides is 3. The Morgan fingerprint density at radius 3 is 2.39 bits per heavy atom. The molecule has 1 amide bonds. The number of nitrogens with zero attached hydrogens (tertiary/aromatic N) is 3. The predicted molar refractivity (Wildman–Crippen MR) is 87.0 cm³/mol. The molecular weight excluding hydrogens is 380 g/mol. The lowest BCUT2D eigenvalue weighted by atomic mass is 10.1. The number of carbonyl (C=O) groups is 1. The van der Waals surface area contributed by atoms with Crippen molar-refractivity contribution in [1.29, 1.82) is 5.26 Å². The van der Waals surface area contributed by atoms with E-state index in [-0.39, 0.29) is 22.5 Å². The molecule has 0 saturated carbocycles. The lowest BCUT2D eigenvalue weighted by Gasteiger charge is -2.12. The Morgan fingerprint density at radius 1 is 1.14 bits per heavy atom. The maximum absolute atomic E-state index is 13.8. The highest BCUT2D eigenvalue weighted by molar-refractivity contribution is 5.95. The van der Waals surface area contributed by atoms with E-state index in [2.05, 4.69) is 20.0 Å². The lowest BCUT2D eigenvalue weighted by molar-refractivity contribution is -0.159. The van der Waals surface area contributed by atoms with Crippen LogP contribution in [0.3, 0.4) is 0 Å². The van der Waals surface area contributed by atoms with Crippen LogP contribution in [0, 0.1) is 17.1 Å². The molecular formula is C18H10F4N4O2. The molecule has 1 heterocycles. The second-order valence-corrected chi connectivity index (χ2v) is 5.56. The number of nitrogens with one attached hydrogen (secondary N) is 1. The van der Waals surface area contributed by atoms with Crippen molar-refractivity contribution in [3.63, 3.8) is 0 Å². The van der Waals surface area contributed by atoms with Crippen LogP contribution >= 0.6 is 0 Å². The summed E-state index contributed by atoms with van der Waals surface area (Å²) < 4.78 is 55.5. The summed E-state index contributed by atoms with van der Waals surface area (Å²) in [7, 11) is 0. The summed E-state index contributed by atoms with van der Waals surface area (Å²) in [5.74, 6) is -3.07. The number of hydrogen-bond donors (Lipinski definition) is 1. The van der Waals surface area contributed by atoms with Gasteiger partial charge < -0.3 is 9.84 Å². The van der Waals surface area contributed by atoms with Crippen molar-refractivity contribution in [3.8, 4) is 17.5 Å². The predicted octanol–water partition coefficient (Wildman–Crippen LogP) is 3.89. The fourth-order valence-electron chi connectivity index (χ4n) is 2.33. The minimum absolute atomic E-state index is 0.0152. The van der Waals surface area contributed by atoms with Gasteiger partial charge in [-0.05, 0) is 18.2 Å². The number of rotatable bonds is 4. The first-order valence-electron chi connectivity index (χ1n) is 7.76. The summed E-state index contributed by atoms with van der Waals surface area (Å²) in [6.45, 7) is 0. The summed E-state index contributed by atoms with van der Waals surface area (Å²) >= 11 is 0. The second-order valence-electron chi connectivity index (χ2n) is 5.56. The summed E-state index contributed by atoms with van der Waals surface area (Å²) in [5.41, 5.74) is 0.322. The Labute approximate surface area is 155 Å². The van der Waals surface area contributed by atoms with Crippen molar-refractivity contribution in [3.05, 3.63) is 71.4 Å². The van der Waals surface area contributed by atoms with E-state index in [1.165, 1.54) is 48.5 Å². The molecule has 0 saturated heterocycles. The van der Waals surface area contributed by atoms with Crippen molar-refractivity contribution in [2.45, 2.75) is 12.2 Å². The zero-order valence-electron chi connectivity index (χ0n) is 13.9. The van der Waals surface area contributed by atoms with E-state index in [1.54, 1.807) is 6.07 Å². The molecule has 0 bridgehead atoms. The average molecular weight is 390 g/mol. The molecule has 0 radical (unpaired) electrons. The third kappa shape index (κ3) is 3.98. The summed E-state index contributed by atoms with van der Waals surface area (Å²) in [4.78, 5) is 15.5. The molecule has 10 heteroatoms. The van der Waals surface area contributed by atoms with E-state index >= 15 is 0 Å². The molecule has 0 fully saturated rings. The van der Waals surface area contributed by atoms with Crippen LogP contribution in [0.15, 0.2) is 53.1 Å². The number of halogens is 4. The number of hydrogen-bond acceptors (Lipinski definition) is 5. The van der Waals surface area contributed by atoms with Gasteiger partial charge in [0, 0.05) is 16.7 Å². The van der Waals surface area contributed by atoms with Crippen molar-refractivity contribution < 1.29 is 26.9 Å². The van der Waals surface area contributed by atoms with Gasteiger partial charge in [0.1, 0.15) is 11.9 Å². The normalized spacial score (nSPS) is 12.2. The van der Waals surface area contributed by atoms with Crippen LogP contribution in [0.5, 0.6) is 0 Å². The molecule has 1 atom stereocenters. The third-order valence-electron chi connectivity index (χ3n) is 3.69. The van der Waals surface area contributed by atoms with Gasteiger partial charge in [-0.15, -0.1) is 0 Å². The van der Waals surface area contributed by atoms with E-state index in [0.717, 1.165) is 0 Å². The first-order chi connectivity index (χ1) is 13.3. The van der Waals surface area contributed by atoms with Crippen LogP contribution in [0.2, 0.25) is 0 Å². The van der Waals surface area contributed by atoms with Gasteiger partial charge in [-0.2, -0.15) is 23.4 Å². The minimum atomic E-state index is -4.76. The molecule has 2 aromatic carbocycles. The zero-order valence-corrected chi connectivity index (χ0v) is 13.9. The molecule has 142 valence electrons. The molecule has 3 aromatic rings. The Balaban J connectivity index is 1.76. The van der Waals surface area contributed by atoms with Gasteiger partial charge in [-0.25, -0.2) is 4.39 Å².